The topological polar surface area (TPSA) is 72.8 Å². The first kappa shape index (κ1) is 23.2. The Labute approximate surface area is 196 Å². The molecule has 0 aliphatic rings. The standard InChI is InChI=1S/C24H18F3N3O3S/c1-14-4-3-5-15(2)21(14)30-23(31)33-28-13-16-6-11-20-19(12-16)29-22(34-20)17-7-9-18(10-8-17)32-24(25,26)27/h3-13H,1-2H3,(H,30,31)/b28-13+. The van der Waals surface area contributed by atoms with Crippen LogP contribution in [0, 0.1) is 13.8 Å². The van der Waals surface area contributed by atoms with E-state index in [9.17, 15) is 18.0 Å². The van der Waals surface area contributed by atoms with Gasteiger partial charge < -0.3 is 4.74 Å². The van der Waals surface area contributed by atoms with Crippen molar-refractivity contribution >= 4 is 39.5 Å². The van der Waals surface area contributed by atoms with Crippen LogP contribution in [-0.4, -0.2) is 23.7 Å². The van der Waals surface area contributed by atoms with E-state index >= 15 is 0 Å². The quantitative estimate of drug-likeness (QED) is 0.187. The highest BCUT2D eigenvalue weighted by molar-refractivity contribution is 7.21. The number of thiazole rings is 1. The molecule has 1 heterocycles. The summed E-state index contributed by atoms with van der Waals surface area (Å²) < 4.78 is 41.8. The monoisotopic (exact) mass is 485 g/mol. The lowest BCUT2D eigenvalue weighted by Gasteiger charge is -2.09. The molecule has 1 amide bonds. The summed E-state index contributed by atoms with van der Waals surface area (Å²) in [7, 11) is 0. The van der Waals surface area contributed by atoms with Crippen molar-refractivity contribution < 1.29 is 27.5 Å². The number of fused-ring (bicyclic) bond motifs is 1. The molecule has 3 aromatic carbocycles. The van der Waals surface area contributed by atoms with Gasteiger partial charge in [-0.3, -0.25) is 10.2 Å². The van der Waals surface area contributed by atoms with Gasteiger partial charge in [-0.1, -0.05) is 29.4 Å². The molecule has 34 heavy (non-hydrogen) atoms. The molecule has 0 saturated carbocycles. The van der Waals surface area contributed by atoms with Gasteiger partial charge in [0.15, 0.2) is 0 Å². The van der Waals surface area contributed by atoms with E-state index in [0.717, 1.165) is 15.8 Å². The Kier molecular flexibility index (Phi) is 6.51. The molecule has 4 aromatic rings. The summed E-state index contributed by atoms with van der Waals surface area (Å²) in [6.45, 7) is 3.77. The summed E-state index contributed by atoms with van der Waals surface area (Å²) in [6.07, 6.45) is -4.05. The molecule has 0 saturated heterocycles. The molecular weight excluding hydrogens is 467 g/mol. The zero-order valence-corrected chi connectivity index (χ0v) is 18.8. The van der Waals surface area contributed by atoms with Crippen molar-refractivity contribution in [1.29, 1.82) is 0 Å². The number of halogens is 3. The van der Waals surface area contributed by atoms with E-state index < -0.39 is 12.5 Å². The zero-order chi connectivity index (χ0) is 24.3. The number of alkyl halides is 3. The van der Waals surface area contributed by atoms with Gasteiger partial charge in [0.25, 0.3) is 0 Å². The van der Waals surface area contributed by atoms with Gasteiger partial charge in [-0.2, -0.15) is 0 Å². The fourth-order valence-electron chi connectivity index (χ4n) is 3.22. The minimum atomic E-state index is -4.74. The second-order valence-electron chi connectivity index (χ2n) is 7.32. The zero-order valence-electron chi connectivity index (χ0n) is 18.0. The number of anilines is 1. The van der Waals surface area contributed by atoms with Crippen LogP contribution in [0.1, 0.15) is 16.7 Å². The number of amides is 1. The Bertz CT molecular complexity index is 1350. The summed E-state index contributed by atoms with van der Waals surface area (Å²) in [5.74, 6) is -0.294. The van der Waals surface area contributed by atoms with Gasteiger partial charge in [-0.25, -0.2) is 9.78 Å². The van der Waals surface area contributed by atoms with Gasteiger partial charge in [0.1, 0.15) is 10.8 Å². The van der Waals surface area contributed by atoms with Gasteiger partial charge in [-0.15, -0.1) is 24.5 Å². The summed E-state index contributed by atoms with van der Waals surface area (Å²) in [4.78, 5) is 21.5. The Balaban J connectivity index is 1.43. The van der Waals surface area contributed by atoms with Gasteiger partial charge in [-0.05, 0) is 66.9 Å². The van der Waals surface area contributed by atoms with Crippen molar-refractivity contribution in [3.05, 3.63) is 77.4 Å². The predicted octanol–water partition coefficient (Wildman–Crippen LogP) is 7.06. The average molecular weight is 485 g/mol. The van der Waals surface area contributed by atoms with E-state index in [-0.39, 0.29) is 5.75 Å². The molecule has 1 aromatic heterocycles. The molecule has 0 atom stereocenters. The molecule has 0 aliphatic heterocycles. The molecule has 0 aliphatic carbocycles. The number of carbonyl (C=O) groups is 1. The molecule has 174 valence electrons. The first-order valence-corrected chi connectivity index (χ1v) is 10.8. The van der Waals surface area contributed by atoms with Crippen LogP contribution in [0.25, 0.3) is 20.8 Å². The lowest BCUT2D eigenvalue weighted by atomic mass is 10.1. The number of aromatic nitrogens is 1. The van der Waals surface area contributed by atoms with E-state index in [4.69, 9.17) is 4.84 Å². The third kappa shape index (κ3) is 5.70. The van der Waals surface area contributed by atoms with E-state index in [1.54, 1.807) is 12.1 Å². The normalized spacial score (nSPS) is 11.7. The van der Waals surface area contributed by atoms with Crippen LogP contribution in [0.5, 0.6) is 5.75 Å². The van der Waals surface area contributed by atoms with Crippen molar-refractivity contribution in [1.82, 2.24) is 4.98 Å². The highest BCUT2D eigenvalue weighted by Gasteiger charge is 2.31. The number of hydrogen-bond donors (Lipinski definition) is 1. The number of carbonyl (C=O) groups excluding carboxylic acids is 1. The highest BCUT2D eigenvalue weighted by atomic mass is 32.1. The Morgan fingerprint density at radius 3 is 2.44 bits per heavy atom. The minimum absolute atomic E-state index is 0.294. The van der Waals surface area contributed by atoms with Gasteiger partial charge in [0.2, 0.25) is 0 Å². The summed E-state index contributed by atoms with van der Waals surface area (Å²) >= 11 is 1.40. The molecule has 1 N–H and O–H groups in total. The van der Waals surface area contributed by atoms with Gasteiger partial charge >= 0.3 is 12.5 Å². The molecule has 0 fully saturated rings. The number of nitrogens with one attached hydrogen (secondary N) is 1. The van der Waals surface area contributed by atoms with Crippen molar-refractivity contribution in [2.45, 2.75) is 20.2 Å². The third-order valence-corrected chi connectivity index (χ3v) is 5.88. The lowest BCUT2D eigenvalue weighted by molar-refractivity contribution is -0.274. The smallest absolute Gasteiger partial charge is 0.406 e. The number of ether oxygens (including phenoxy) is 1. The SMILES string of the molecule is Cc1cccc(C)c1NC(=O)O/N=C/c1ccc2sc(-c3ccc(OC(F)(F)F)cc3)nc2c1. The first-order chi connectivity index (χ1) is 16.2. The van der Waals surface area contributed by atoms with Crippen molar-refractivity contribution in [2.24, 2.45) is 5.16 Å². The number of hydrogen-bond acceptors (Lipinski definition) is 6. The number of oxime groups is 1. The molecule has 0 radical (unpaired) electrons. The maximum Gasteiger partial charge on any atom is 0.573 e. The molecule has 0 bridgehead atoms. The largest absolute Gasteiger partial charge is 0.573 e. The summed E-state index contributed by atoms with van der Waals surface area (Å²) in [5, 5.41) is 7.06. The van der Waals surface area contributed by atoms with Crippen LogP contribution in [0.4, 0.5) is 23.7 Å². The van der Waals surface area contributed by atoms with Crippen LogP contribution < -0.4 is 10.1 Å². The highest BCUT2D eigenvalue weighted by Crippen LogP contribution is 2.32. The van der Waals surface area contributed by atoms with Crippen LogP contribution in [-0.2, 0) is 4.84 Å². The lowest BCUT2D eigenvalue weighted by Crippen LogP contribution is -2.16. The second kappa shape index (κ2) is 9.52. The van der Waals surface area contributed by atoms with Crippen molar-refractivity contribution in [2.75, 3.05) is 5.32 Å². The van der Waals surface area contributed by atoms with E-state index in [2.05, 4.69) is 20.2 Å². The maximum absolute atomic E-state index is 12.3. The second-order valence-corrected chi connectivity index (χ2v) is 8.35. The summed E-state index contributed by atoms with van der Waals surface area (Å²) in [5.41, 5.74) is 4.51. The van der Waals surface area contributed by atoms with E-state index in [1.165, 1.54) is 41.8 Å². The molecule has 6 nitrogen and oxygen atoms in total. The fourth-order valence-corrected chi connectivity index (χ4v) is 4.17. The minimum Gasteiger partial charge on any atom is -0.406 e. The van der Waals surface area contributed by atoms with Gasteiger partial charge in [0, 0.05) is 11.3 Å². The number of para-hydroxylation sites is 1. The maximum atomic E-state index is 12.3. The van der Waals surface area contributed by atoms with Gasteiger partial charge in [0.05, 0.1) is 16.4 Å². The van der Waals surface area contributed by atoms with E-state index in [1.807, 2.05) is 38.1 Å². The Hall–Kier alpha value is -3.92. The molecule has 0 unspecified atom stereocenters. The van der Waals surface area contributed by atoms with Crippen LogP contribution >= 0.6 is 11.3 Å². The van der Waals surface area contributed by atoms with Crippen molar-refractivity contribution in [3.63, 3.8) is 0 Å². The Morgan fingerprint density at radius 1 is 1.06 bits per heavy atom. The number of benzene rings is 3. The summed E-state index contributed by atoms with van der Waals surface area (Å²) in [6, 6.07) is 16.6. The number of aryl methyl sites for hydroxylation is 2. The van der Waals surface area contributed by atoms with Crippen LogP contribution in [0.15, 0.2) is 65.8 Å². The number of rotatable bonds is 5. The van der Waals surface area contributed by atoms with Crippen LogP contribution in [0.2, 0.25) is 0 Å². The fraction of sp³-hybridized carbons (Fsp3) is 0.125. The third-order valence-electron chi connectivity index (χ3n) is 4.79. The predicted molar refractivity (Wildman–Crippen MR) is 125 cm³/mol. The Morgan fingerprint density at radius 2 is 1.76 bits per heavy atom. The molecular formula is C24H18F3N3O3S. The number of nitrogens with zero attached hydrogens (tertiary/aromatic N) is 2. The van der Waals surface area contributed by atoms with Crippen molar-refractivity contribution in [3.8, 4) is 16.3 Å². The van der Waals surface area contributed by atoms with Crippen LogP contribution in [0.3, 0.4) is 0 Å². The molecule has 4 rings (SSSR count). The average Bonchev–Trinajstić information content (AvgIpc) is 3.19. The first-order valence-electron chi connectivity index (χ1n) is 10.0. The molecule has 0 spiro atoms. The van der Waals surface area contributed by atoms with E-state index in [0.29, 0.717) is 27.3 Å². The molecule has 10 heteroatoms.